The van der Waals surface area contributed by atoms with Crippen LogP contribution in [0.2, 0.25) is 0 Å². The topological polar surface area (TPSA) is 54.5 Å². The molecule has 0 unspecified atom stereocenters. The van der Waals surface area contributed by atoms with E-state index in [-0.39, 0.29) is 0 Å². The Kier molecular flexibility index (Phi) is 5.84. The summed E-state index contributed by atoms with van der Waals surface area (Å²) >= 11 is 0. The van der Waals surface area contributed by atoms with Crippen LogP contribution in [0.1, 0.15) is 51.9 Å². The van der Waals surface area contributed by atoms with Gasteiger partial charge in [0.15, 0.2) is 0 Å². The Morgan fingerprint density at radius 3 is 2.39 bits per heavy atom. The molecule has 0 aliphatic rings. The smallest absolute Gasteiger partial charge is 0.0999 e. The highest BCUT2D eigenvalue weighted by atomic mass is 15.4. The van der Waals surface area contributed by atoms with Crippen LogP contribution in [0.3, 0.4) is 0 Å². The zero-order valence-electron chi connectivity index (χ0n) is 12.0. The predicted octanol–water partition coefficient (Wildman–Crippen LogP) is 2.98. The third-order valence-corrected chi connectivity index (χ3v) is 3.04. The standard InChI is InChI=1S/C14H24N4/c1-11(2)5-6-14-13(7-9-15)16-17-18(14)10-8-12(3)4/h11-12H,5-8,10H2,1-4H3. The van der Waals surface area contributed by atoms with Crippen molar-refractivity contribution >= 4 is 0 Å². The molecule has 0 radical (unpaired) electrons. The van der Waals surface area contributed by atoms with E-state index in [1.54, 1.807) is 0 Å². The SMILES string of the molecule is CC(C)CCc1c(CC#N)nnn1CCC(C)C. The van der Waals surface area contributed by atoms with Crippen molar-refractivity contribution in [2.45, 2.75) is 59.9 Å². The highest BCUT2D eigenvalue weighted by Crippen LogP contribution is 2.14. The van der Waals surface area contributed by atoms with E-state index < -0.39 is 0 Å². The lowest BCUT2D eigenvalue weighted by Gasteiger charge is -2.10. The molecule has 0 aliphatic heterocycles. The maximum Gasteiger partial charge on any atom is 0.0999 e. The number of hydrogen-bond acceptors (Lipinski definition) is 3. The Morgan fingerprint density at radius 2 is 1.83 bits per heavy atom. The van der Waals surface area contributed by atoms with Crippen LogP contribution in [0.5, 0.6) is 0 Å². The largest absolute Gasteiger partial charge is 0.249 e. The summed E-state index contributed by atoms with van der Waals surface area (Å²) in [5.41, 5.74) is 2.02. The minimum atomic E-state index is 0.370. The Labute approximate surface area is 110 Å². The fourth-order valence-corrected chi connectivity index (χ4v) is 1.84. The molecule has 4 nitrogen and oxygen atoms in total. The van der Waals surface area contributed by atoms with E-state index in [9.17, 15) is 0 Å². The lowest BCUT2D eigenvalue weighted by molar-refractivity contribution is 0.459. The molecular weight excluding hydrogens is 224 g/mol. The maximum absolute atomic E-state index is 8.82. The lowest BCUT2D eigenvalue weighted by Crippen LogP contribution is -2.09. The highest BCUT2D eigenvalue weighted by molar-refractivity contribution is 5.14. The number of hydrogen-bond donors (Lipinski definition) is 0. The number of aromatic nitrogens is 3. The summed E-state index contributed by atoms with van der Waals surface area (Å²) in [6.45, 7) is 9.75. The maximum atomic E-state index is 8.82. The van der Waals surface area contributed by atoms with Crippen LogP contribution in [0.15, 0.2) is 0 Å². The number of nitriles is 1. The second-order valence-corrected chi connectivity index (χ2v) is 5.66. The molecule has 0 atom stereocenters. The van der Waals surface area contributed by atoms with Crippen LogP contribution in [0.25, 0.3) is 0 Å². The molecular formula is C14H24N4. The normalized spacial score (nSPS) is 11.2. The molecule has 0 saturated carbocycles. The molecule has 18 heavy (non-hydrogen) atoms. The van der Waals surface area contributed by atoms with Crippen molar-refractivity contribution in [2.24, 2.45) is 11.8 Å². The Bertz CT molecular complexity index is 398. The van der Waals surface area contributed by atoms with Crippen LogP contribution < -0.4 is 0 Å². The van der Waals surface area contributed by atoms with Crippen molar-refractivity contribution in [3.05, 3.63) is 11.4 Å². The van der Waals surface area contributed by atoms with Crippen molar-refractivity contribution in [3.8, 4) is 6.07 Å². The van der Waals surface area contributed by atoms with Gasteiger partial charge in [-0.05, 0) is 31.1 Å². The van der Waals surface area contributed by atoms with Gasteiger partial charge in [-0.1, -0.05) is 32.9 Å². The van der Waals surface area contributed by atoms with Crippen LogP contribution in [0.4, 0.5) is 0 Å². The van der Waals surface area contributed by atoms with Crippen molar-refractivity contribution < 1.29 is 0 Å². The first-order valence-electron chi connectivity index (χ1n) is 6.82. The Morgan fingerprint density at radius 1 is 1.17 bits per heavy atom. The molecule has 1 aromatic heterocycles. The van der Waals surface area contributed by atoms with E-state index in [1.165, 1.54) is 0 Å². The van der Waals surface area contributed by atoms with Crippen LogP contribution >= 0.6 is 0 Å². The first kappa shape index (κ1) is 14.7. The van der Waals surface area contributed by atoms with Crippen LogP contribution in [-0.2, 0) is 19.4 Å². The van der Waals surface area contributed by atoms with E-state index >= 15 is 0 Å². The van der Waals surface area contributed by atoms with Gasteiger partial charge in [0.25, 0.3) is 0 Å². The first-order valence-corrected chi connectivity index (χ1v) is 6.82. The molecule has 0 aromatic carbocycles. The van der Waals surface area contributed by atoms with Crippen molar-refractivity contribution in [1.82, 2.24) is 15.0 Å². The predicted molar refractivity (Wildman–Crippen MR) is 72.0 cm³/mol. The minimum absolute atomic E-state index is 0.370. The van der Waals surface area contributed by atoms with Gasteiger partial charge >= 0.3 is 0 Å². The van der Waals surface area contributed by atoms with Gasteiger partial charge in [0.1, 0.15) is 0 Å². The summed E-state index contributed by atoms with van der Waals surface area (Å²) in [7, 11) is 0. The summed E-state index contributed by atoms with van der Waals surface area (Å²) in [5.74, 6) is 1.32. The molecule has 100 valence electrons. The first-order chi connectivity index (χ1) is 8.54. The lowest BCUT2D eigenvalue weighted by atomic mass is 10.0. The molecule has 1 heterocycles. The average Bonchev–Trinajstić information content (AvgIpc) is 2.66. The molecule has 0 spiro atoms. The second kappa shape index (κ2) is 7.15. The summed E-state index contributed by atoms with van der Waals surface area (Å²) in [6.07, 6.45) is 3.56. The quantitative estimate of drug-likeness (QED) is 0.745. The third-order valence-electron chi connectivity index (χ3n) is 3.04. The van der Waals surface area contributed by atoms with Gasteiger partial charge in [-0.3, -0.25) is 0 Å². The van der Waals surface area contributed by atoms with Gasteiger partial charge in [0, 0.05) is 6.54 Å². The molecule has 1 rings (SSSR count). The van der Waals surface area contributed by atoms with Gasteiger partial charge in [-0.25, -0.2) is 4.68 Å². The van der Waals surface area contributed by atoms with Gasteiger partial charge in [-0.2, -0.15) is 5.26 Å². The molecule has 0 fully saturated rings. The monoisotopic (exact) mass is 248 g/mol. The van der Waals surface area contributed by atoms with Gasteiger partial charge in [0.05, 0.1) is 23.9 Å². The van der Waals surface area contributed by atoms with E-state index in [4.69, 9.17) is 5.26 Å². The third kappa shape index (κ3) is 4.48. The van der Waals surface area contributed by atoms with Crippen LogP contribution in [-0.4, -0.2) is 15.0 Å². The molecule has 1 aromatic rings. The highest BCUT2D eigenvalue weighted by Gasteiger charge is 2.13. The van der Waals surface area contributed by atoms with Gasteiger partial charge in [0.2, 0.25) is 0 Å². The molecule has 0 bridgehead atoms. The summed E-state index contributed by atoms with van der Waals surface area (Å²) in [5, 5.41) is 17.2. The fourth-order valence-electron chi connectivity index (χ4n) is 1.84. The molecule has 0 aliphatic carbocycles. The molecule has 0 amide bonds. The summed E-state index contributed by atoms with van der Waals surface area (Å²) in [4.78, 5) is 0. The molecule has 4 heteroatoms. The molecule has 0 saturated heterocycles. The van der Waals surface area contributed by atoms with Crippen molar-refractivity contribution in [2.75, 3.05) is 0 Å². The van der Waals surface area contributed by atoms with E-state index in [2.05, 4.69) is 44.1 Å². The zero-order valence-corrected chi connectivity index (χ0v) is 12.0. The van der Waals surface area contributed by atoms with Gasteiger partial charge in [-0.15, -0.1) is 5.10 Å². The van der Waals surface area contributed by atoms with E-state index in [0.29, 0.717) is 18.3 Å². The zero-order chi connectivity index (χ0) is 13.5. The average molecular weight is 248 g/mol. The summed E-state index contributed by atoms with van der Waals surface area (Å²) < 4.78 is 2.00. The van der Waals surface area contributed by atoms with Gasteiger partial charge < -0.3 is 0 Å². The van der Waals surface area contributed by atoms with Crippen molar-refractivity contribution in [3.63, 3.8) is 0 Å². The van der Waals surface area contributed by atoms with Crippen molar-refractivity contribution in [1.29, 1.82) is 5.26 Å². The number of aryl methyl sites for hydroxylation is 1. The minimum Gasteiger partial charge on any atom is -0.249 e. The Hall–Kier alpha value is -1.37. The summed E-state index contributed by atoms with van der Waals surface area (Å²) in [6, 6.07) is 2.17. The second-order valence-electron chi connectivity index (χ2n) is 5.66. The van der Waals surface area contributed by atoms with E-state index in [0.717, 1.165) is 37.2 Å². The van der Waals surface area contributed by atoms with Crippen LogP contribution in [0, 0.1) is 23.2 Å². The number of rotatable bonds is 7. The molecule has 0 N–H and O–H groups in total. The van der Waals surface area contributed by atoms with E-state index in [1.807, 2.05) is 4.68 Å². The fraction of sp³-hybridized carbons (Fsp3) is 0.786. The number of nitrogens with zero attached hydrogens (tertiary/aromatic N) is 4. The Balaban J connectivity index is 2.78.